The summed E-state index contributed by atoms with van der Waals surface area (Å²) in [4.78, 5) is 25.9. The van der Waals surface area contributed by atoms with Gasteiger partial charge in [0.15, 0.2) is 11.6 Å². The maximum atomic E-state index is 12.0. The van der Waals surface area contributed by atoms with Crippen molar-refractivity contribution in [2.45, 2.75) is 19.8 Å². The molecule has 3 heterocycles. The number of ether oxygens (including phenoxy) is 1. The number of methoxy groups -OCH3 is 1. The lowest BCUT2D eigenvalue weighted by atomic mass is 9.97. The third-order valence-electron chi connectivity index (χ3n) is 7.45. The third-order valence-corrected chi connectivity index (χ3v) is 7.72. The molecular weight excluding hydrogens is 514 g/mol. The number of aromatic nitrogens is 2. The number of Topliss-reactive ketones (excluding diaryl/α,β-unsaturated/α-hetero) is 1. The number of anilines is 5. The summed E-state index contributed by atoms with van der Waals surface area (Å²) < 4.78 is 5.72. The Balaban J connectivity index is 1.25. The Kier molecular flexibility index (Phi) is 8.81. The predicted molar refractivity (Wildman–Crippen MR) is 157 cm³/mol. The van der Waals surface area contributed by atoms with Gasteiger partial charge < -0.3 is 25.6 Å². The van der Waals surface area contributed by atoms with Gasteiger partial charge in [-0.05, 0) is 63.0 Å². The number of hydrogen-bond donors (Lipinski definition) is 3. The number of carbonyl (C=O) groups is 1. The summed E-state index contributed by atoms with van der Waals surface area (Å²) in [6, 6.07) is 13.4. The van der Waals surface area contributed by atoms with Gasteiger partial charge in [-0.1, -0.05) is 23.7 Å². The summed E-state index contributed by atoms with van der Waals surface area (Å²) in [5, 5.41) is 10.2. The van der Waals surface area contributed by atoms with Crippen LogP contribution in [-0.2, 0) is 0 Å². The topological polar surface area (TPSA) is 94.6 Å². The second-order valence-electron chi connectivity index (χ2n) is 10.1. The molecule has 2 aromatic carbocycles. The van der Waals surface area contributed by atoms with Crippen molar-refractivity contribution in [1.82, 2.24) is 20.2 Å². The molecule has 0 saturated carbocycles. The summed E-state index contributed by atoms with van der Waals surface area (Å²) in [5.74, 6) is 2.24. The number of benzene rings is 2. The van der Waals surface area contributed by atoms with Crippen LogP contribution in [0, 0.1) is 5.92 Å². The zero-order chi connectivity index (χ0) is 27.2. The van der Waals surface area contributed by atoms with Crippen molar-refractivity contribution in [3.8, 4) is 5.75 Å². The molecule has 5 rings (SSSR count). The summed E-state index contributed by atoms with van der Waals surface area (Å²) in [6.45, 7) is 9.19. The molecular formula is C29H36ClN7O2. The average molecular weight is 550 g/mol. The van der Waals surface area contributed by atoms with Gasteiger partial charge in [0, 0.05) is 50.0 Å². The number of ketones is 1. The zero-order valence-electron chi connectivity index (χ0n) is 22.5. The molecule has 1 aromatic heterocycles. The third kappa shape index (κ3) is 6.79. The van der Waals surface area contributed by atoms with Gasteiger partial charge in [-0.15, -0.1) is 0 Å². The van der Waals surface area contributed by atoms with Gasteiger partial charge in [-0.3, -0.25) is 9.69 Å². The molecule has 2 fully saturated rings. The van der Waals surface area contributed by atoms with Crippen LogP contribution in [0.1, 0.15) is 30.1 Å². The normalized spacial score (nSPS) is 16.6. The van der Waals surface area contributed by atoms with Crippen LogP contribution in [0.5, 0.6) is 5.75 Å². The van der Waals surface area contributed by atoms with Gasteiger partial charge in [-0.2, -0.15) is 4.98 Å². The smallest absolute Gasteiger partial charge is 0.229 e. The first-order chi connectivity index (χ1) is 19.0. The fourth-order valence-corrected chi connectivity index (χ4v) is 5.40. The summed E-state index contributed by atoms with van der Waals surface area (Å²) in [7, 11) is 1.66. The van der Waals surface area contributed by atoms with Gasteiger partial charge in [-0.25, -0.2) is 4.98 Å². The van der Waals surface area contributed by atoms with Crippen molar-refractivity contribution in [1.29, 1.82) is 0 Å². The van der Waals surface area contributed by atoms with Crippen LogP contribution < -0.4 is 25.6 Å². The van der Waals surface area contributed by atoms with E-state index in [0.29, 0.717) is 33.8 Å². The predicted octanol–water partition coefficient (Wildman–Crippen LogP) is 4.95. The Morgan fingerprint density at radius 1 is 1.08 bits per heavy atom. The zero-order valence-corrected chi connectivity index (χ0v) is 23.3. The van der Waals surface area contributed by atoms with Gasteiger partial charge in [0.05, 0.1) is 24.7 Å². The van der Waals surface area contributed by atoms with E-state index in [0.717, 1.165) is 56.6 Å². The van der Waals surface area contributed by atoms with Crippen molar-refractivity contribution < 1.29 is 9.53 Å². The van der Waals surface area contributed by atoms with Gasteiger partial charge >= 0.3 is 0 Å². The summed E-state index contributed by atoms with van der Waals surface area (Å²) in [6.07, 6.45) is 4.10. The molecule has 2 saturated heterocycles. The molecule has 9 nitrogen and oxygen atoms in total. The average Bonchev–Trinajstić information content (AvgIpc) is 2.96. The number of piperidine rings is 1. The van der Waals surface area contributed by atoms with E-state index in [9.17, 15) is 4.79 Å². The van der Waals surface area contributed by atoms with Crippen molar-refractivity contribution in [2.75, 3.05) is 68.5 Å². The molecule has 39 heavy (non-hydrogen) atoms. The van der Waals surface area contributed by atoms with Gasteiger partial charge in [0.25, 0.3) is 0 Å². The molecule has 0 unspecified atom stereocenters. The highest BCUT2D eigenvalue weighted by Crippen LogP contribution is 2.33. The monoisotopic (exact) mass is 549 g/mol. The maximum Gasteiger partial charge on any atom is 0.229 e. The van der Waals surface area contributed by atoms with Crippen molar-refractivity contribution >= 4 is 46.2 Å². The number of nitrogens with zero attached hydrogens (tertiary/aromatic N) is 4. The highest BCUT2D eigenvalue weighted by atomic mass is 35.5. The minimum atomic E-state index is -0.0466. The SMILES string of the molecule is COc1cc(N2CCN(CC3CCNCC3)CC2)ccc1Nc1ncc(Cl)c(Nc2ccccc2C(C)=O)n1. The number of rotatable bonds is 9. The number of hydrogen-bond acceptors (Lipinski definition) is 9. The molecule has 0 amide bonds. The molecule has 0 atom stereocenters. The van der Waals surface area contributed by atoms with E-state index in [1.165, 1.54) is 32.5 Å². The first-order valence-electron chi connectivity index (χ1n) is 13.5. The van der Waals surface area contributed by atoms with E-state index >= 15 is 0 Å². The Morgan fingerprint density at radius 2 is 1.85 bits per heavy atom. The fraction of sp³-hybridized carbons (Fsp3) is 0.414. The van der Waals surface area contributed by atoms with E-state index in [-0.39, 0.29) is 5.78 Å². The quantitative estimate of drug-likeness (QED) is 0.320. The van der Waals surface area contributed by atoms with Crippen LogP contribution >= 0.6 is 11.6 Å². The fourth-order valence-electron chi connectivity index (χ4n) is 5.26. The van der Waals surface area contributed by atoms with E-state index in [1.54, 1.807) is 13.2 Å². The molecule has 2 aliphatic rings. The molecule has 0 bridgehead atoms. The minimum Gasteiger partial charge on any atom is -0.494 e. The van der Waals surface area contributed by atoms with Crippen LogP contribution in [0.3, 0.4) is 0 Å². The standard InChI is InChI=1S/C29H36ClN7O2/c1-20(38)23-5-3-4-6-25(23)33-28-24(30)18-32-29(35-28)34-26-8-7-22(17-27(26)39-2)37-15-13-36(14-16-37)19-21-9-11-31-12-10-21/h3-8,17-18,21,31H,9-16,19H2,1-2H3,(H2,32,33,34,35). The number of carbonyl (C=O) groups excluding carboxylic acids is 1. The van der Waals surface area contributed by atoms with Crippen LogP contribution in [0.15, 0.2) is 48.7 Å². The number of piperazine rings is 1. The van der Waals surface area contributed by atoms with Crippen molar-refractivity contribution in [3.63, 3.8) is 0 Å². The Bertz CT molecular complexity index is 1290. The van der Waals surface area contributed by atoms with Crippen LogP contribution in [-0.4, -0.2) is 73.6 Å². The van der Waals surface area contributed by atoms with Crippen LogP contribution in [0.4, 0.5) is 28.8 Å². The van der Waals surface area contributed by atoms with E-state index in [2.05, 4.69) is 47.9 Å². The molecule has 3 aromatic rings. The van der Waals surface area contributed by atoms with Crippen LogP contribution in [0.2, 0.25) is 5.02 Å². The lowest BCUT2D eigenvalue weighted by Gasteiger charge is -2.38. The summed E-state index contributed by atoms with van der Waals surface area (Å²) in [5.41, 5.74) is 3.09. The molecule has 0 spiro atoms. The van der Waals surface area contributed by atoms with E-state index in [4.69, 9.17) is 16.3 Å². The second kappa shape index (κ2) is 12.6. The van der Waals surface area contributed by atoms with E-state index < -0.39 is 0 Å². The molecule has 3 N–H and O–H groups in total. The Hall–Kier alpha value is -3.40. The highest BCUT2D eigenvalue weighted by Gasteiger charge is 2.22. The molecule has 206 valence electrons. The van der Waals surface area contributed by atoms with Crippen LogP contribution in [0.25, 0.3) is 0 Å². The first kappa shape index (κ1) is 27.2. The number of halogens is 1. The molecule has 0 radical (unpaired) electrons. The maximum absolute atomic E-state index is 12.0. The number of para-hydroxylation sites is 1. The number of nitrogens with one attached hydrogen (secondary N) is 3. The highest BCUT2D eigenvalue weighted by molar-refractivity contribution is 6.33. The second-order valence-corrected chi connectivity index (χ2v) is 10.5. The van der Waals surface area contributed by atoms with Crippen molar-refractivity contribution in [2.24, 2.45) is 5.92 Å². The Labute approximate surface area is 234 Å². The van der Waals surface area contributed by atoms with Gasteiger partial charge in [0.1, 0.15) is 10.8 Å². The summed E-state index contributed by atoms with van der Waals surface area (Å²) >= 11 is 6.37. The van der Waals surface area contributed by atoms with Crippen molar-refractivity contribution in [3.05, 3.63) is 59.2 Å². The Morgan fingerprint density at radius 3 is 2.59 bits per heavy atom. The largest absolute Gasteiger partial charge is 0.494 e. The molecule has 0 aliphatic carbocycles. The minimum absolute atomic E-state index is 0.0466. The first-order valence-corrected chi connectivity index (χ1v) is 13.9. The lowest BCUT2D eigenvalue weighted by Crippen LogP contribution is -2.48. The molecule has 10 heteroatoms. The van der Waals surface area contributed by atoms with E-state index in [1.807, 2.05) is 24.3 Å². The van der Waals surface area contributed by atoms with Gasteiger partial charge in [0.2, 0.25) is 5.95 Å². The lowest BCUT2D eigenvalue weighted by molar-refractivity contribution is 0.101. The molecule has 2 aliphatic heterocycles.